The smallest absolute Gasteiger partial charge is 0.471 e. The van der Waals surface area contributed by atoms with Gasteiger partial charge in [0.05, 0.1) is 12.1 Å². The SMILES string of the molecule is Cn1cc(C2CC(C(=O)O)CN(C(=O)C(F)(F)F)C2)cn1. The summed E-state index contributed by atoms with van der Waals surface area (Å²) in [6, 6.07) is 0. The van der Waals surface area contributed by atoms with E-state index in [4.69, 9.17) is 5.11 Å². The van der Waals surface area contributed by atoms with Crippen LogP contribution in [0.2, 0.25) is 0 Å². The number of aryl methyl sites for hydroxylation is 1. The molecule has 0 spiro atoms. The van der Waals surface area contributed by atoms with Gasteiger partial charge in [0.1, 0.15) is 0 Å². The molecule has 6 nitrogen and oxygen atoms in total. The molecule has 2 rings (SSSR count). The quantitative estimate of drug-likeness (QED) is 0.884. The molecule has 0 radical (unpaired) electrons. The van der Waals surface area contributed by atoms with Gasteiger partial charge in [-0.05, 0) is 12.0 Å². The average molecular weight is 305 g/mol. The lowest BCUT2D eigenvalue weighted by Gasteiger charge is -2.36. The molecule has 1 saturated heterocycles. The summed E-state index contributed by atoms with van der Waals surface area (Å²) in [6.07, 6.45) is -1.72. The number of carboxylic acids is 1. The van der Waals surface area contributed by atoms with Gasteiger partial charge in [-0.1, -0.05) is 0 Å². The lowest BCUT2D eigenvalue weighted by atomic mass is 9.85. The van der Waals surface area contributed by atoms with Gasteiger partial charge in [-0.15, -0.1) is 0 Å². The molecule has 1 N–H and O–H groups in total. The lowest BCUT2D eigenvalue weighted by Crippen LogP contribution is -2.50. The molecule has 2 heterocycles. The summed E-state index contributed by atoms with van der Waals surface area (Å²) in [5.41, 5.74) is 0.628. The fraction of sp³-hybridized carbons (Fsp3) is 0.583. The molecule has 1 aliphatic heterocycles. The minimum absolute atomic E-state index is 0.159. The predicted octanol–water partition coefficient (Wildman–Crippen LogP) is 0.999. The van der Waals surface area contributed by atoms with Crippen molar-refractivity contribution in [1.82, 2.24) is 14.7 Å². The highest BCUT2D eigenvalue weighted by atomic mass is 19.4. The third-order valence-electron chi connectivity index (χ3n) is 3.53. The Morgan fingerprint density at radius 3 is 2.52 bits per heavy atom. The number of alkyl halides is 3. The Hall–Kier alpha value is -2.06. The average Bonchev–Trinajstić information content (AvgIpc) is 2.83. The third-order valence-corrected chi connectivity index (χ3v) is 3.53. The second kappa shape index (κ2) is 5.38. The number of hydrogen-bond acceptors (Lipinski definition) is 3. The van der Waals surface area contributed by atoms with E-state index in [-0.39, 0.29) is 13.0 Å². The van der Waals surface area contributed by atoms with Gasteiger partial charge < -0.3 is 10.0 Å². The Morgan fingerprint density at radius 1 is 1.38 bits per heavy atom. The first-order chi connectivity index (χ1) is 9.68. The molecule has 0 saturated carbocycles. The monoisotopic (exact) mass is 305 g/mol. The van der Waals surface area contributed by atoms with Gasteiger partial charge >= 0.3 is 18.1 Å². The second-order valence-corrected chi connectivity index (χ2v) is 5.12. The van der Waals surface area contributed by atoms with Crippen LogP contribution in [0.15, 0.2) is 12.4 Å². The Morgan fingerprint density at radius 2 is 2.05 bits per heavy atom. The van der Waals surface area contributed by atoms with Crippen molar-refractivity contribution < 1.29 is 27.9 Å². The molecule has 0 aliphatic carbocycles. The molecule has 9 heteroatoms. The van der Waals surface area contributed by atoms with Crippen LogP contribution in [0.1, 0.15) is 17.9 Å². The Kier molecular flexibility index (Phi) is 3.93. The highest BCUT2D eigenvalue weighted by Gasteiger charge is 2.46. The summed E-state index contributed by atoms with van der Waals surface area (Å²) in [7, 11) is 1.65. The number of rotatable bonds is 2. The van der Waals surface area contributed by atoms with Crippen LogP contribution in [0, 0.1) is 5.92 Å². The number of carbonyl (C=O) groups is 2. The molecule has 116 valence electrons. The largest absolute Gasteiger partial charge is 0.481 e. The molecule has 1 aromatic rings. The van der Waals surface area contributed by atoms with Crippen molar-refractivity contribution in [1.29, 1.82) is 0 Å². The highest BCUT2D eigenvalue weighted by Crippen LogP contribution is 2.32. The zero-order valence-electron chi connectivity index (χ0n) is 11.2. The molecule has 1 fully saturated rings. The number of halogens is 3. The first-order valence-electron chi connectivity index (χ1n) is 6.26. The van der Waals surface area contributed by atoms with Gasteiger partial charge in [0.25, 0.3) is 0 Å². The van der Waals surface area contributed by atoms with Gasteiger partial charge in [-0.25, -0.2) is 0 Å². The van der Waals surface area contributed by atoms with Gasteiger partial charge in [0, 0.05) is 32.3 Å². The van der Waals surface area contributed by atoms with E-state index in [0.29, 0.717) is 10.5 Å². The maximum Gasteiger partial charge on any atom is 0.471 e. The standard InChI is InChI=1S/C12H14F3N3O3/c1-17-4-9(3-16-17)7-2-8(10(19)20)6-18(5-7)11(21)12(13,14)15/h3-4,7-8H,2,5-6H2,1H3,(H,19,20). The van der Waals surface area contributed by atoms with Gasteiger partial charge in [0.2, 0.25) is 0 Å². The summed E-state index contributed by atoms with van der Waals surface area (Å²) in [5, 5.41) is 13.0. The number of amides is 1. The van der Waals surface area contributed by atoms with Crippen molar-refractivity contribution in [3.63, 3.8) is 0 Å². The van der Waals surface area contributed by atoms with Crippen LogP contribution in [-0.4, -0.2) is 50.9 Å². The minimum atomic E-state index is -5.00. The Labute approximate surface area is 118 Å². The van der Waals surface area contributed by atoms with Crippen LogP contribution in [0.25, 0.3) is 0 Å². The fourth-order valence-corrected chi connectivity index (χ4v) is 2.52. The Balaban J connectivity index is 2.23. The Bertz CT molecular complexity index is 555. The first-order valence-corrected chi connectivity index (χ1v) is 6.26. The molecule has 1 amide bonds. The molecule has 1 aliphatic rings. The van der Waals surface area contributed by atoms with Crippen molar-refractivity contribution in [2.24, 2.45) is 13.0 Å². The number of piperidine rings is 1. The van der Waals surface area contributed by atoms with Crippen molar-refractivity contribution >= 4 is 11.9 Å². The van der Waals surface area contributed by atoms with Crippen LogP contribution in [0.4, 0.5) is 13.2 Å². The molecule has 2 unspecified atom stereocenters. The van der Waals surface area contributed by atoms with Crippen molar-refractivity contribution in [2.45, 2.75) is 18.5 Å². The van der Waals surface area contributed by atoms with E-state index in [9.17, 15) is 22.8 Å². The molecule has 2 atom stereocenters. The number of aliphatic carboxylic acids is 1. The van der Waals surface area contributed by atoms with Crippen LogP contribution in [-0.2, 0) is 16.6 Å². The van der Waals surface area contributed by atoms with Gasteiger partial charge in [-0.2, -0.15) is 18.3 Å². The number of aromatic nitrogens is 2. The summed E-state index contributed by atoms with van der Waals surface area (Å²) < 4.78 is 39.1. The summed E-state index contributed by atoms with van der Waals surface area (Å²) >= 11 is 0. The molecule has 0 aromatic carbocycles. The van der Waals surface area contributed by atoms with Crippen LogP contribution < -0.4 is 0 Å². The number of likely N-dealkylation sites (tertiary alicyclic amines) is 1. The van der Waals surface area contributed by atoms with Crippen LogP contribution >= 0.6 is 0 Å². The minimum Gasteiger partial charge on any atom is -0.481 e. The topological polar surface area (TPSA) is 75.4 Å². The number of carboxylic acid groups (broad SMARTS) is 1. The maximum absolute atomic E-state index is 12.5. The fourth-order valence-electron chi connectivity index (χ4n) is 2.52. The number of carbonyl (C=O) groups excluding carboxylic acids is 1. The zero-order valence-corrected chi connectivity index (χ0v) is 11.2. The van der Waals surface area contributed by atoms with Crippen molar-refractivity contribution in [3.8, 4) is 0 Å². The second-order valence-electron chi connectivity index (χ2n) is 5.12. The summed E-state index contributed by atoms with van der Waals surface area (Å²) in [4.78, 5) is 23.0. The van der Waals surface area contributed by atoms with Crippen LogP contribution in [0.3, 0.4) is 0 Å². The van der Waals surface area contributed by atoms with Crippen LogP contribution in [0.5, 0.6) is 0 Å². The molecular weight excluding hydrogens is 291 g/mol. The van der Waals surface area contributed by atoms with Gasteiger partial charge in [-0.3, -0.25) is 14.3 Å². The van der Waals surface area contributed by atoms with E-state index in [1.807, 2.05) is 0 Å². The molecule has 1 aromatic heterocycles. The maximum atomic E-state index is 12.5. The molecule has 0 bridgehead atoms. The zero-order chi connectivity index (χ0) is 15.8. The molecular formula is C12H14F3N3O3. The molecule has 21 heavy (non-hydrogen) atoms. The van der Waals surface area contributed by atoms with E-state index >= 15 is 0 Å². The highest BCUT2D eigenvalue weighted by molar-refractivity contribution is 5.83. The van der Waals surface area contributed by atoms with E-state index in [1.165, 1.54) is 10.9 Å². The third kappa shape index (κ3) is 3.34. The lowest BCUT2D eigenvalue weighted by molar-refractivity contribution is -0.188. The predicted molar refractivity (Wildman–Crippen MR) is 64.3 cm³/mol. The number of hydrogen-bond donors (Lipinski definition) is 1. The van der Waals surface area contributed by atoms with Crippen molar-refractivity contribution in [3.05, 3.63) is 18.0 Å². The number of nitrogens with zero attached hydrogens (tertiary/aromatic N) is 3. The van der Waals surface area contributed by atoms with E-state index in [0.717, 1.165) is 0 Å². The van der Waals surface area contributed by atoms with E-state index in [1.54, 1.807) is 13.2 Å². The van der Waals surface area contributed by atoms with Crippen molar-refractivity contribution in [2.75, 3.05) is 13.1 Å². The van der Waals surface area contributed by atoms with E-state index < -0.39 is 36.4 Å². The summed E-state index contributed by atoms with van der Waals surface area (Å²) in [6.45, 7) is -0.585. The van der Waals surface area contributed by atoms with E-state index in [2.05, 4.69) is 5.10 Å². The van der Waals surface area contributed by atoms with Gasteiger partial charge in [0.15, 0.2) is 0 Å². The first kappa shape index (κ1) is 15.3. The normalized spacial score (nSPS) is 23.1. The summed E-state index contributed by atoms with van der Waals surface area (Å²) in [5.74, 6) is -4.69.